The maximum Gasteiger partial charge on any atom is 0.495 e. The van der Waals surface area contributed by atoms with Gasteiger partial charge in [-0.05, 0) is 25.7 Å². The Morgan fingerprint density at radius 2 is 1.02 bits per heavy atom. The molecule has 1 rings (SSSR count). The minimum atomic E-state index is -5.49. The molecule has 0 saturated heterocycles. The van der Waals surface area contributed by atoms with Gasteiger partial charge in [0.25, 0.3) is 0 Å². The van der Waals surface area contributed by atoms with Gasteiger partial charge in [0.2, 0.25) is 0 Å². The fraction of sp³-hybridized carbons (Fsp3) is 1.00. The fourth-order valence-electron chi connectivity index (χ4n) is 4.07. The molecule has 0 bridgehead atoms. The Morgan fingerprint density at radius 3 is 1.60 bits per heavy atom. The molecule has 288 valence electrons. The van der Waals surface area contributed by atoms with E-state index in [0.717, 1.165) is 0 Å². The first-order chi connectivity index (χ1) is 22.6. The summed E-state index contributed by atoms with van der Waals surface area (Å²) >= 11 is 0. The van der Waals surface area contributed by atoms with Gasteiger partial charge in [0, 0.05) is 13.2 Å². The van der Waals surface area contributed by atoms with Crippen LogP contribution in [0.5, 0.6) is 0 Å². The Labute approximate surface area is 273 Å². The van der Waals surface area contributed by atoms with Crippen molar-refractivity contribution >= 4 is 0 Å². The average molecular weight is 727 g/mol. The van der Waals surface area contributed by atoms with Gasteiger partial charge in [-0.2, -0.15) is 17.6 Å². The van der Waals surface area contributed by atoms with Crippen LogP contribution in [0.25, 0.3) is 0 Å². The molecule has 21 heteroatoms. The summed E-state index contributed by atoms with van der Waals surface area (Å²) in [6, 6.07) is 0. The SMILES string of the molecule is OCCCOCC(O)COCC(O)COCC(F)(F)OC(F)(F)OC(F)(F)COCCOCC(O)COC1CC(O)CC(OCCO)C1. The third kappa shape index (κ3) is 23.4. The summed E-state index contributed by atoms with van der Waals surface area (Å²) in [5.41, 5.74) is 0. The number of aliphatic hydroxyl groups is 6. The summed E-state index contributed by atoms with van der Waals surface area (Å²) in [5.74, 6) is 0. The van der Waals surface area contributed by atoms with Crippen LogP contribution in [0.15, 0.2) is 0 Å². The molecule has 6 unspecified atom stereocenters. The van der Waals surface area contributed by atoms with Gasteiger partial charge in [0.05, 0.1) is 84.4 Å². The standard InChI is InChI=1S/C27H48F6O15/c28-25(29,17-42-7-6-41-12-22(39)16-46-24-9-19(36)8-23(10-24)45-5-3-35)47-27(32,33)48-26(30,31)18-44-15-21(38)14-43-13-20(37)11-40-4-1-2-34/h19-24,34-39H,1-18H2. The van der Waals surface area contributed by atoms with Crippen LogP contribution in [-0.4, -0.2) is 178 Å². The van der Waals surface area contributed by atoms with E-state index in [-0.39, 0.29) is 65.6 Å². The van der Waals surface area contributed by atoms with Gasteiger partial charge in [-0.25, -0.2) is 9.47 Å². The van der Waals surface area contributed by atoms with Gasteiger partial charge >= 0.3 is 18.5 Å². The lowest BCUT2D eigenvalue weighted by molar-refractivity contribution is -0.518. The van der Waals surface area contributed by atoms with Crippen molar-refractivity contribution < 1.29 is 99.6 Å². The van der Waals surface area contributed by atoms with Crippen molar-refractivity contribution in [2.24, 2.45) is 0 Å². The lowest BCUT2D eigenvalue weighted by Crippen LogP contribution is -2.44. The van der Waals surface area contributed by atoms with Gasteiger partial charge in [-0.1, -0.05) is 0 Å². The number of aliphatic hydroxyl groups excluding tert-OH is 6. The van der Waals surface area contributed by atoms with Crippen molar-refractivity contribution in [2.75, 3.05) is 92.5 Å². The van der Waals surface area contributed by atoms with Crippen molar-refractivity contribution in [3.63, 3.8) is 0 Å². The molecule has 1 aliphatic carbocycles. The summed E-state index contributed by atoms with van der Waals surface area (Å²) in [5, 5.41) is 56.6. The number of hydrogen-bond donors (Lipinski definition) is 6. The van der Waals surface area contributed by atoms with Crippen molar-refractivity contribution in [1.82, 2.24) is 0 Å². The number of alkyl halides is 6. The third-order valence-electron chi connectivity index (χ3n) is 6.01. The number of hydrogen-bond acceptors (Lipinski definition) is 15. The van der Waals surface area contributed by atoms with Crippen LogP contribution in [0, 0.1) is 0 Å². The van der Waals surface area contributed by atoms with Gasteiger partial charge < -0.3 is 63.8 Å². The molecule has 0 aromatic carbocycles. The van der Waals surface area contributed by atoms with E-state index in [0.29, 0.717) is 25.7 Å². The van der Waals surface area contributed by atoms with E-state index in [1.54, 1.807) is 0 Å². The molecule has 15 nitrogen and oxygen atoms in total. The summed E-state index contributed by atoms with van der Waals surface area (Å²) in [4.78, 5) is 0. The Kier molecular flexibility index (Phi) is 22.7. The van der Waals surface area contributed by atoms with Crippen molar-refractivity contribution in [3.8, 4) is 0 Å². The fourth-order valence-corrected chi connectivity index (χ4v) is 4.07. The topological polar surface area (TPSA) is 204 Å². The molecular formula is C27H48F6O15. The molecule has 0 radical (unpaired) electrons. The van der Waals surface area contributed by atoms with E-state index in [1.165, 1.54) is 0 Å². The maximum absolute atomic E-state index is 13.8. The predicted molar refractivity (Wildman–Crippen MR) is 147 cm³/mol. The number of halogens is 6. The summed E-state index contributed by atoms with van der Waals surface area (Å²) in [7, 11) is 0. The molecule has 0 spiro atoms. The molecule has 1 fully saturated rings. The predicted octanol–water partition coefficient (Wildman–Crippen LogP) is -0.389. The molecule has 1 saturated carbocycles. The highest BCUT2D eigenvalue weighted by Crippen LogP contribution is 2.33. The van der Waals surface area contributed by atoms with Crippen molar-refractivity contribution in [2.45, 2.75) is 80.8 Å². The van der Waals surface area contributed by atoms with E-state index in [4.69, 9.17) is 33.9 Å². The summed E-state index contributed by atoms with van der Waals surface area (Å²) < 4.78 is 123. The van der Waals surface area contributed by atoms with E-state index >= 15 is 0 Å². The normalized spacial score (nSPS) is 21.4. The minimum Gasteiger partial charge on any atom is -0.396 e. The van der Waals surface area contributed by atoms with Crippen molar-refractivity contribution in [3.05, 3.63) is 0 Å². The second-order valence-corrected chi connectivity index (χ2v) is 10.8. The average Bonchev–Trinajstić information content (AvgIpc) is 2.97. The third-order valence-corrected chi connectivity index (χ3v) is 6.01. The molecule has 0 aromatic rings. The quantitative estimate of drug-likeness (QED) is 0.0317. The molecule has 48 heavy (non-hydrogen) atoms. The van der Waals surface area contributed by atoms with Crippen LogP contribution in [0.4, 0.5) is 26.3 Å². The highest BCUT2D eigenvalue weighted by atomic mass is 19.3. The Morgan fingerprint density at radius 1 is 0.542 bits per heavy atom. The Bertz CT molecular complexity index is 807. The van der Waals surface area contributed by atoms with Crippen LogP contribution >= 0.6 is 0 Å². The van der Waals surface area contributed by atoms with Crippen LogP contribution in [0.3, 0.4) is 0 Å². The number of ether oxygens (including phenoxy) is 9. The molecule has 6 atom stereocenters. The summed E-state index contributed by atoms with van der Waals surface area (Å²) in [6.45, 7) is -6.87. The van der Waals surface area contributed by atoms with Crippen LogP contribution in [0.2, 0.25) is 0 Å². The second kappa shape index (κ2) is 24.2. The van der Waals surface area contributed by atoms with Gasteiger partial charge in [-0.3, -0.25) is 0 Å². The van der Waals surface area contributed by atoms with Crippen molar-refractivity contribution in [1.29, 1.82) is 0 Å². The molecular weight excluding hydrogens is 678 g/mol. The zero-order chi connectivity index (χ0) is 36.1. The van der Waals surface area contributed by atoms with Crippen LogP contribution < -0.4 is 0 Å². The lowest BCUT2D eigenvalue weighted by atomic mass is 9.92. The van der Waals surface area contributed by atoms with E-state index in [9.17, 15) is 46.8 Å². The zero-order valence-electron chi connectivity index (χ0n) is 26.3. The molecule has 1 aliphatic rings. The Balaban J connectivity index is 2.21. The molecule has 0 aromatic heterocycles. The first-order valence-corrected chi connectivity index (χ1v) is 15.2. The number of rotatable bonds is 30. The molecule has 6 N–H and O–H groups in total. The highest BCUT2D eigenvalue weighted by molar-refractivity contribution is 4.80. The van der Waals surface area contributed by atoms with Crippen LogP contribution in [0.1, 0.15) is 25.7 Å². The van der Waals surface area contributed by atoms with Gasteiger partial charge in [0.15, 0.2) is 0 Å². The lowest BCUT2D eigenvalue weighted by Gasteiger charge is -2.32. The smallest absolute Gasteiger partial charge is 0.396 e. The maximum atomic E-state index is 13.8. The monoisotopic (exact) mass is 726 g/mol. The minimum absolute atomic E-state index is 0.0974. The van der Waals surface area contributed by atoms with Gasteiger partial charge in [-0.15, -0.1) is 8.78 Å². The van der Waals surface area contributed by atoms with Gasteiger partial charge in [0.1, 0.15) is 31.5 Å². The van der Waals surface area contributed by atoms with E-state index in [2.05, 4.69) is 18.9 Å². The largest absolute Gasteiger partial charge is 0.495 e. The molecule has 0 heterocycles. The second-order valence-electron chi connectivity index (χ2n) is 10.8. The Hall–Kier alpha value is -1.02. The molecule has 0 aliphatic heterocycles. The first-order valence-electron chi connectivity index (χ1n) is 15.2. The van der Waals surface area contributed by atoms with E-state index in [1.807, 2.05) is 0 Å². The van der Waals surface area contributed by atoms with E-state index < -0.39 is 82.1 Å². The zero-order valence-corrected chi connectivity index (χ0v) is 26.3. The van der Waals surface area contributed by atoms with Crippen LogP contribution in [-0.2, 0) is 42.6 Å². The molecule has 0 amide bonds. The first kappa shape index (κ1) is 45.0. The highest BCUT2D eigenvalue weighted by Gasteiger charge is 2.52. The summed E-state index contributed by atoms with van der Waals surface area (Å²) in [6.07, 6.45) is -18.8.